The zero-order valence-corrected chi connectivity index (χ0v) is 17.5. The van der Waals surface area contributed by atoms with Crippen molar-refractivity contribution in [1.82, 2.24) is 0 Å². The summed E-state index contributed by atoms with van der Waals surface area (Å²) < 4.78 is 10.7. The van der Waals surface area contributed by atoms with Crippen molar-refractivity contribution in [3.8, 4) is 17.2 Å². The minimum absolute atomic E-state index is 0.128. The van der Waals surface area contributed by atoms with E-state index < -0.39 is 0 Å². The van der Waals surface area contributed by atoms with E-state index in [0.29, 0.717) is 28.6 Å². The molecule has 3 aromatic rings. The first-order valence-corrected chi connectivity index (χ1v) is 9.73. The number of aromatic hydroxyl groups is 1. The molecule has 0 radical (unpaired) electrons. The third-order valence-corrected chi connectivity index (χ3v) is 5.01. The number of aliphatic imine (C=N–C) groups is 1. The molecule has 31 heavy (non-hydrogen) atoms. The van der Waals surface area contributed by atoms with Gasteiger partial charge in [-0.15, -0.1) is 0 Å². The molecule has 0 bridgehead atoms. The number of ether oxygens (including phenoxy) is 2. The van der Waals surface area contributed by atoms with Gasteiger partial charge in [0.15, 0.2) is 0 Å². The maximum Gasteiger partial charge on any atom is 0.282 e. The normalized spacial score (nSPS) is 14.7. The van der Waals surface area contributed by atoms with Crippen LogP contribution in [-0.4, -0.2) is 31.1 Å². The molecule has 3 aromatic carbocycles. The number of methoxy groups -OCH3 is 2. The van der Waals surface area contributed by atoms with Crippen LogP contribution >= 0.6 is 0 Å². The molecule has 0 saturated heterocycles. The van der Waals surface area contributed by atoms with E-state index in [1.807, 2.05) is 37.3 Å². The maximum absolute atomic E-state index is 13.4. The Morgan fingerprint density at radius 1 is 0.935 bits per heavy atom. The highest BCUT2D eigenvalue weighted by atomic mass is 16.5. The smallest absolute Gasteiger partial charge is 0.282 e. The van der Waals surface area contributed by atoms with Gasteiger partial charge in [0.25, 0.3) is 5.91 Å². The number of amides is 1. The summed E-state index contributed by atoms with van der Waals surface area (Å²) in [7, 11) is 3.15. The monoisotopic (exact) mass is 414 g/mol. The molecule has 0 aromatic heterocycles. The van der Waals surface area contributed by atoms with E-state index in [4.69, 9.17) is 9.47 Å². The van der Waals surface area contributed by atoms with Crippen molar-refractivity contribution in [3.05, 3.63) is 89.1 Å². The average molecular weight is 414 g/mol. The number of benzene rings is 3. The molecule has 0 saturated carbocycles. The Hall–Kier alpha value is -4.06. The van der Waals surface area contributed by atoms with Crippen LogP contribution in [0.4, 0.5) is 5.69 Å². The van der Waals surface area contributed by atoms with E-state index in [1.165, 1.54) is 0 Å². The number of hydrogen-bond acceptors (Lipinski definition) is 5. The lowest BCUT2D eigenvalue weighted by molar-refractivity contribution is -0.113. The topological polar surface area (TPSA) is 71.4 Å². The molecule has 0 fully saturated rings. The van der Waals surface area contributed by atoms with Crippen LogP contribution in [0.25, 0.3) is 6.08 Å². The fourth-order valence-electron chi connectivity index (χ4n) is 3.34. The molecule has 1 amide bonds. The van der Waals surface area contributed by atoms with Crippen LogP contribution in [0.5, 0.6) is 17.2 Å². The molecule has 0 aliphatic carbocycles. The number of amidine groups is 1. The first kappa shape index (κ1) is 20.2. The fraction of sp³-hybridized carbons (Fsp3) is 0.120. The number of anilines is 1. The number of carbonyl (C=O) groups excluding carboxylic acids is 1. The van der Waals surface area contributed by atoms with Crippen molar-refractivity contribution in [2.45, 2.75) is 6.92 Å². The van der Waals surface area contributed by atoms with Gasteiger partial charge in [0.1, 0.15) is 28.8 Å². The predicted octanol–water partition coefficient (Wildman–Crippen LogP) is 4.55. The van der Waals surface area contributed by atoms with Gasteiger partial charge in [0.2, 0.25) is 0 Å². The average Bonchev–Trinajstić information content (AvgIpc) is 3.11. The van der Waals surface area contributed by atoms with Gasteiger partial charge in [0, 0.05) is 17.2 Å². The summed E-state index contributed by atoms with van der Waals surface area (Å²) >= 11 is 0. The second kappa shape index (κ2) is 8.36. The summed E-state index contributed by atoms with van der Waals surface area (Å²) in [5.41, 5.74) is 3.55. The first-order valence-electron chi connectivity index (χ1n) is 9.73. The first-order chi connectivity index (χ1) is 15.0. The zero-order valence-electron chi connectivity index (χ0n) is 17.5. The molecule has 6 nitrogen and oxygen atoms in total. The Labute approximate surface area is 180 Å². The lowest BCUT2D eigenvalue weighted by atomic mass is 10.1. The van der Waals surface area contributed by atoms with Gasteiger partial charge in [-0.3, -0.25) is 9.69 Å². The molecule has 6 heteroatoms. The van der Waals surface area contributed by atoms with Crippen LogP contribution in [-0.2, 0) is 4.79 Å². The fourth-order valence-corrected chi connectivity index (χ4v) is 3.34. The van der Waals surface area contributed by atoms with Crippen LogP contribution in [0.3, 0.4) is 0 Å². The second-order valence-electron chi connectivity index (χ2n) is 7.10. The van der Waals surface area contributed by atoms with Crippen molar-refractivity contribution in [2.75, 3.05) is 19.1 Å². The molecule has 1 aliphatic heterocycles. The van der Waals surface area contributed by atoms with Crippen molar-refractivity contribution in [1.29, 1.82) is 0 Å². The highest BCUT2D eigenvalue weighted by Gasteiger charge is 2.32. The lowest BCUT2D eigenvalue weighted by Crippen LogP contribution is -2.32. The van der Waals surface area contributed by atoms with Gasteiger partial charge >= 0.3 is 0 Å². The SMILES string of the molecule is COc1ccc(/C=C2/N=C(c3ccc(C)cc3)N(c3ccc(O)cc3)C2=O)c(OC)c1. The molecule has 0 atom stereocenters. The lowest BCUT2D eigenvalue weighted by Gasteiger charge is -2.18. The summed E-state index contributed by atoms with van der Waals surface area (Å²) in [6, 6.07) is 19.7. The van der Waals surface area contributed by atoms with Crippen molar-refractivity contribution >= 4 is 23.5 Å². The van der Waals surface area contributed by atoms with Crippen LogP contribution < -0.4 is 14.4 Å². The Balaban J connectivity index is 1.82. The third kappa shape index (κ3) is 4.00. The van der Waals surface area contributed by atoms with E-state index in [2.05, 4.69) is 4.99 Å². The van der Waals surface area contributed by atoms with E-state index in [9.17, 15) is 9.90 Å². The third-order valence-electron chi connectivity index (χ3n) is 5.01. The van der Waals surface area contributed by atoms with E-state index in [0.717, 1.165) is 11.1 Å². The van der Waals surface area contributed by atoms with Gasteiger partial charge in [-0.05, 0) is 49.4 Å². The predicted molar refractivity (Wildman–Crippen MR) is 121 cm³/mol. The van der Waals surface area contributed by atoms with Gasteiger partial charge in [-0.25, -0.2) is 4.99 Å². The Bertz CT molecular complexity index is 1180. The molecular formula is C25H22N2O4. The molecule has 0 unspecified atom stereocenters. The highest BCUT2D eigenvalue weighted by molar-refractivity contribution is 6.33. The summed E-state index contributed by atoms with van der Waals surface area (Å²) in [4.78, 5) is 19.6. The molecule has 1 heterocycles. The Kier molecular flexibility index (Phi) is 5.45. The Morgan fingerprint density at radius 3 is 2.29 bits per heavy atom. The van der Waals surface area contributed by atoms with Crippen LogP contribution in [0.15, 0.2) is 77.4 Å². The van der Waals surface area contributed by atoms with Crippen LogP contribution in [0, 0.1) is 6.92 Å². The molecule has 4 rings (SSSR count). The van der Waals surface area contributed by atoms with Crippen molar-refractivity contribution < 1.29 is 19.4 Å². The maximum atomic E-state index is 13.4. The zero-order chi connectivity index (χ0) is 22.0. The minimum Gasteiger partial charge on any atom is -0.508 e. The molecule has 1 N–H and O–H groups in total. The number of aryl methyl sites for hydroxylation is 1. The highest BCUT2D eigenvalue weighted by Crippen LogP contribution is 2.32. The summed E-state index contributed by atoms with van der Waals surface area (Å²) in [5, 5.41) is 9.66. The summed E-state index contributed by atoms with van der Waals surface area (Å²) in [6.07, 6.45) is 1.70. The summed E-state index contributed by atoms with van der Waals surface area (Å²) in [5.74, 6) is 1.62. The van der Waals surface area contributed by atoms with Gasteiger partial charge < -0.3 is 14.6 Å². The Morgan fingerprint density at radius 2 is 1.65 bits per heavy atom. The number of phenolic OH excluding ortho intramolecular Hbond substituents is 1. The number of hydrogen-bond donors (Lipinski definition) is 1. The molecule has 1 aliphatic rings. The number of rotatable bonds is 5. The van der Waals surface area contributed by atoms with Crippen LogP contribution in [0.2, 0.25) is 0 Å². The van der Waals surface area contributed by atoms with Gasteiger partial charge in [0.05, 0.1) is 19.9 Å². The van der Waals surface area contributed by atoms with E-state index >= 15 is 0 Å². The second-order valence-corrected chi connectivity index (χ2v) is 7.10. The summed E-state index contributed by atoms with van der Waals surface area (Å²) in [6.45, 7) is 2.00. The molecule has 156 valence electrons. The van der Waals surface area contributed by atoms with E-state index in [-0.39, 0.29) is 17.4 Å². The van der Waals surface area contributed by atoms with Crippen LogP contribution in [0.1, 0.15) is 16.7 Å². The largest absolute Gasteiger partial charge is 0.508 e. The standard InChI is InChI=1S/C25H22N2O4/c1-16-4-6-17(7-5-16)24-26-22(14-18-8-13-21(30-2)15-23(18)31-3)25(29)27(24)19-9-11-20(28)12-10-19/h4-15,28H,1-3H3/b22-14+. The van der Waals surface area contributed by atoms with Crippen molar-refractivity contribution in [3.63, 3.8) is 0 Å². The molecule has 0 spiro atoms. The van der Waals surface area contributed by atoms with E-state index in [1.54, 1.807) is 61.6 Å². The van der Waals surface area contributed by atoms with Crippen molar-refractivity contribution in [2.24, 2.45) is 4.99 Å². The van der Waals surface area contributed by atoms with Gasteiger partial charge in [-0.2, -0.15) is 0 Å². The number of phenols is 1. The van der Waals surface area contributed by atoms with Gasteiger partial charge in [-0.1, -0.05) is 29.8 Å². The number of nitrogens with zero attached hydrogens (tertiary/aromatic N) is 2. The minimum atomic E-state index is -0.265. The quantitative estimate of drug-likeness (QED) is 0.622. The molecular weight excluding hydrogens is 392 g/mol. The number of carbonyl (C=O) groups is 1.